The summed E-state index contributed by atoms with van der Waals surface area (Å²) in [5.41, 5.74) is 0.367. The molecule has 1 saturated heterocycles. The van der Waals surface area contributed by atoms with Gasteiger partial charge in [-0.05, 0) is 55.9 Å². The number of guanidine groups is 1. The van der Waals surface area contributed by atoms with E-state index in [9.17, 15) is 8.78 Å². The zero-order valence-corrected chi connectivity index (χ0v) is 16.2. The number of likely N-dealkylation sites (tertiary alicyclic amines) is 1. The van der Waals surface area contributed by atoms with Gasteiger partial charge in [0.25, 0.3) is 0 Å². The van der Waals surface area contributed by atoms with E-state index in [0.717, 1.165) is 51.0 Å². The molecule has 26 heavy (non-hydrogen) atoms. The SMILES string of the molecule is CCNC(=NCCc1cc(F)ccc1F)NC1CCN(CC(C)C)CC1. The maximum atomic E-state index is 13.7. The molecular weight excluding hydrogens is 334 g/mol. The van der Waals surface area contributed by atoms with Crippen LogP contribution in [0.25, 0.3) is 0 Å². The summed E-state index contributed by atoms with van der Waals surface area (Å²) in [5, 5.41) is 6.73. The topological polar surface area (TPSA) is 39.7 Å². The average molecular weight is 367 g/mol. The first-order chi connectivity index (χ1) is 12.5. The van der Waals surface area contributed by atoms with Gasteiger partial charge in [-0.3, -0.25) is 4.99 Å². The van der Waals surface area contributed by atoms with Gasteiger partial charge >= 0.3 is 0 Å². The smallest absolute Gasteiger partial charge is 0.191 e. The first kappa shape index (κ1) is 20.6. The Labute approximate surface area is 156 Å². The van der Waals surface area contributed by atoms with Crippen LogP contribution >= 0.6 is 0 Å². The van der Waals surface area contributed by atoms with Gasteiger partial charge in [-0.1, -0.05) is 13.8 Å². The van der Waals surface area contributed by atoms with E-state index in [1.807, 2.05) is 6.92 Å². The summed E-state index contributed by atoms with van der Waals surface area (Å²) in [6, 6.07) is 3.96. The molecule has 146 valence electrons. The fraction of sp³-hybridized carbons (Fsp3) is 0.650. The predicted octanol–water partition coefficient (Wildman–Crippen LogP) is 3.18. The van der Waals surface area contributed by atoms with Crippen molar-refractivity contribution in [3.63, 3.8) is 0 Å². The van der Waals surface area contributed by atoms with E-state index < -0.39 is 5.82 Å². The summed E-state index contributed by atoms with van der Waals surface area (Å²) in [6.07, 6.45) is 2.57. The zero-order chi connectivity index (χ0) is 18.9. The van der Waals surface area contributed by atoms with Gasteiger partial charge in [0.15, 0.2) is 5.96 Å². The molecule has 0 bridgehead atoms. The van der Waals surface area contributed by atoms with Crippen LogP contribution in [0.1, 0.15) is 39.2 Å². The van der Waals surface area contributed by atoms with Crippen molar-refractivity contribution >= 4 is 5.96 Å². The second-order valence-corrected chi connectivity index (χ2v) is 7.36. The van der Waals surface area contributed by atoms with Gasteiger partial charge in [0.2, 0.25) is 0 Å². The van der Waals surface area contributed by atoms with Gasteiger partial charge in [0.05, 0.1) is 0 Å². The third-order valence-corrected chi connectivity index (χ3v) is 4.55. The number of rotatable bonds is 7. The summed E-state index contributed by atoms with van der Waals surface area (Å²) in [6.45, 7) is 11.1. The van der Waals surface area contributed by atoms with Crippen molar-refractivity contribution in [2.24, 2.45) is 10.9 Å². The Bertz CT molecular complexity index is 581. The van der Waals surface area contributed by atoms with Crippen molar-refractivity contribution in [2.45, 2.75) is 46.1 Å². The highest BCUT2D eigenvalue weighted by molar-refractivity contribution is 5.80. The molecule has 6 heteroatoms. The van der Waals surface area contributed by atoms with Crippen LogP contribution < -0.4 is 10.6 Å². The third kappa shape index (κ3) is 6.90. The number of nitrogens with one attached hydrogen (secondary N) is 2. The zero-order valence-electron chi connectivity index (χ0n) is 16.2. The van der Waals surface area contributed by atoms with Gasteiger partial charge < -0.3 is 15.5 Å². The minimum absolute atomic E-state index is 0.367. The molecule has 0 unspecified atom stereocenters. The Balaban J connectivity index is 1.84. The second-order valence-electron chi connectivity index (χ2n) is 7.36. The predicted molar refractivity (Wildman–Crippen MR) is 103 cm³/mol. The lowest BCUT2D eigenvalue weighted by atomic mass is 10.0. The van der Waals surface area contributed by atoms with Crippen molar-refractivity contribution in [2.75, 3.05) is 32.7 Å². The molecule has 1 fully saturated rings. The first-order valence-corrected chi connectivity index (χ1v) is 9.69. The Morgan fingerprint density at radius 2 is 2.00 bits per heavy atom. The minimum Gasteiger partial charge on any atom is -0.357 e. The molecule has 4 nitrogen and oxygen atoms in total. The lowest BCUT2D eigenvalue weighted by Gasteiger charge is -2.34. The molecule has 0 saturated carbocycles. The number of aliphatic imine (C=N–C) groups is 1. The Morgan fingerprint density at radius 1 is 1.27 bits per heavy atom. The molecule has 0 aliphatic carbocycles. The lowest BCUT2D eigenvalue weighted by Crippen LogP contribution is -2.49. The van der Waals surface area contributed by atoms with Crippen molar-refractivity contribution in [1.82, 2.24) is 15.5 Å². The summed E-state index contributed by atoms with van der Waals surface area (Å²) in [5.74, 6) is 0.661. The minimum atomic E-state index is -0.413. The van der Waals surface area contributed by atoms with Gasteiger partial charge in [-0.15, -0.1) is 0 Å². The number of hydrogen-bond acceptors (Lipinski definition) is 2. The second kappa shape index (κ2) is 10.5. The van der Waals surface area contributed by atoms with Crippen LogP contribution in [0.3, 0.4) is 0 Å². The molecule has 1 aliphatic heterocycles. The average Bonchev–Trinajstić information content (AvgIpc) is 2.59. The number of piperidine rings is 1. The lowest BCUT2D eigenvalue weighted by molar-refractivity contribution is 0.187. The van der Waals surface area contributed by atoms with E-state index in [1.54, 1.807) is 0 Å². The maximum Gasteiger partial charge on any atom is 0.191 e. The molecule has 0 atom stereocenters. The highest BCUT2D eigenvalue weighted by Crippen LogP contribution is 2.12. The number of nitrogens with zero attached hydrogens (tertiary/aromatic N) is 2. The molecule has 0 radical (unpaired) electrons. The monoisotopic (exact) mass is 366 g/mol. The van der Waals surface area contributed by atoms with Crippen LogP contribution in [0.15, 0.2) is 23.2 Å². The number of hydrogen-bond donors (Lipinski definition) is 2. The first-order valence-electron chi connectivity index (χ1n) is 9.69. The largest absolute Gasteiger partial charge is 0.357 e. The molecule has 1 aliphatic rings. The van der Waals surface area contributed by atoms with Crippen molar-refractivity contribution in [3.05, 3.63) is 35.4 Å². The number of benzene rings is 1. The summed E-state index contributed by atoms with van der Waals surface area (Å²) >= 11 is 0. The van der Waals surface area contributed by atoms with Gasteiger partial charge in [-0.2, -0.15) is 0 Å². The van der Waals surface area contributed by atoms with Crippen molar-refractivity contribution < 1.29 is 8.78 Å². The molecular formula is C20H32F2N4. The molecule has 1 aromatic rings. The highest BCUT2D eigenvalue weighted by Gasteiger charge is 2.20. The van der Waals surface area contributed by atoms with E-state index in [-0.39, 0.29) is 5.82 Å². The van der Waals surface area contributed by atoms with Crippen molar-refractivity contribution in [1.29, 1.82) is 0 Å². The van der Waals surface area contributed by atoms with E-state index in [0.29, 0.717) is 30.5 Å². The van der Waals surface area contributed by atoms with Crippen LogP contribution in [-0.4, -0.2) is 49.6 Å². The van der Waals surface area contributed by atoms with E-state index >= 15 is 0 Å². The van der Waals surface area contributed by atoms with Gasteiger partial charge in [-0.25, -0.2) is 8.78 Å². The Hall–Kier alpha value is -1.69. The molecule has 2 N–H and O–H groups in total. The van der Waals surface area contributed by atoms with Crippen LogP contribution in [0, 0.1) is 17.6 Å². The van der Waals surface area contributed by atoms with E-state index in [4.69, 9.17) is 0 Å². The van der Waals surface area contributed by atoms with E-state index in [2.05, 4.69) is 34.4 Å². The number of halogens is 2. The van der Waals surface area contributed by atoms with Crippen LogP contribution in [0.5, 0.6) is 0 Å². The van der Waals surface area contributed by atoms with Gasteiger partial charge in [0, 0.05) is 38.8 Å². The highest BCUT2D eigenvalue weighted by atomic mass is 19.1. The molecule has 0 aromatic heterocycles. The molecule has 0 amide bonds. The maximum absolute atomic E-state index is 13.7. The standard InChI is InChI=1S/C20H32F2N4/c1-4-23-20(24-10-7-16-13-17(21)5-6-19(16)22)25-18-8-11-26(12-9-18)14-15(2)3/h5-6,13,15,18H,4,7-12,14H2,1-3H3,(H2,23,24,25). The summed E-state index contributed by atoms with van der Waals surface area (Å²) in [4.78, 5) is 7.05. The third-order valence-electron chi connectivity index (χ3n) is 4.55. The van der Waals surface area contributed by atoms with Crippen molar-refractivity contribution in [3.8, 4) is 0 Å². The quantitative estimate of drug-likeness (QED) is 0.575. The summed E-state index contributed by atoms with van der Waals surface area (Å²) < 4.78 is 26.9. The van der Waals surface area contributed by atoms with Crippen LogP contribution in [-0.2, 0) is 6.42 Å². The normalized spacial score (nSPS) is 16.9. The Kier molecular flexibility index (Phi) is 8.29. The molecule has 0 spiro atoms. The summed E-state index contributed by atoms with van der Waals surface area (Å²) in [7, 11) is 0. The molecule has 1 aromatic carbocycles. The van der Waals surface area contributed by atoms with Gasteiger partial charge in [0.1, 0.15) is 11.6 Å². The Morgan fingerprint density at radius 3 is 2.65 bits per heavy atom. The van der Waals surface area contributed by atoms with Crippen LogP contribution in [0.2, 0.25) is 0 Å². The fourth-order valence-electron chi connectivity index (χ4n) is 3.31. The molecule has 2 rings (SSSR count). The van der Waals surface area contributed by atoms with Crippen LogP contribution in [0.4, 0.5) is 8.78 Å². The fourth-order valence-corrected chi connectivity index (χ4v) is 3.31. The van der Waals surface area contributed by atoms with E-state index in [1.165, 1.54) is 12.1 Å². The molecule has 1 heterocycles.